The van der Waals surface area contributed by atoms with Crippen molar-refractivity contribution >= 4 is 27.8 Å². The summed E-state index contributed by atoms with van der Waals surface area (Å²) in [7, 11) is -4.45. The molecule has 1 unspecified atom stereocenters. The van der Waals surface area contributed by atoms with Crippen LogP contribution < -0.4 is 5.32 Å². The lowest BCUT2D eigenvalue weighted by Crippen LogP contribution is -2.51. The van der Waals surface area contributed by atoms with Crippen molar-refractivity contribution in [3.8, 4) is 0 Å². The number of nitrogens with zero attached hydrogens (tertiary/aromatic N) is 2. The van der Waals surface area contributed by atoms with E-state index in [1.54, 1.807) is 26.8 Å². The Labute approximate surface area is 180 Å². The Kier molecular flexibility index (Phi) is 9.13. The van der Waals surface area contributed by atoms with Crippen LogP contribution in [-0.2, 0) is 19.6 Å². The molecule has 1 atom stereocenters. The highest BCUT2D eigenvalue weighted by atomic mass is 32.2. The number of para-hydroxylation sites is 1. The van der Waals surface area contributed by atoms with Crippen LogP contribution in [0.4, 0.5) is 10.5 Å². The SMILES string of the molecule is C=CCCCN(CC(NC(=O)OC(C)(C)C)C(=O)O)S(=O)(=O)c1ccccc1[N+](=O)[O-]. The summed E-state index contributed by atoms with van der Waals surface area (Å²) in [6, 6.07) is 3.13. The molecule has 0 radical (unpaired) electrons. The first-order valence-electron chi connectivity index (χ1n) is 9.36. The lowest BCUT2D eigenvalue weighted by molar-refractivity contribution is -0.387. The molecule has 0 saturated carbocycles. The molecule has 1 rings (SSSR count). The molecule has 0 fully saturated rings. The molecule has 0 saturated heterocycles. The fraction of sp³-hybridized carbons (Fsp3) is 0.474. The van der Waals surface area contributed by atoms with Crippen LogP contribution in [-0.4, -0.2) is 59.5 Å². The topological polar surface area (TPSA) is 156 Å². The molecule has 0 aliphatic carbocycles. The summed E-state index contributed by atoms with van der Waals surface area (Å²) in [6.45, 7) is 7.52. The average Bonchev–Trinajstić information content (AvgIpc) is 2.64. The van der Waals surface area contributed by atoms with Gasteiger partial charge in [0.2, 0.25) is 10.0 Å². The van der Waals surface area contributed by atoms with Gasteiger partial charge in [-0.25, -0.2) is 18.0 Å². The summed E-state index contributed by atoms with van der Waals surface area (Å²) in [4.78, 5) is 33.6. The molecule has 0 spiro atoms. The van der Waals surface area contributed by atoms with E-state index in [0.29, 0.717) is 12.8 Å². The Bertz CT molecular complexity index is 924. The molecule has 172 valence electrons. The maximum Gasteiger partial charge on any atom is 0.408 e. The number of hydrogen-bond acceptors (Lipinski definition) is 7. The molecule has 0 aliphatic heterocycles. The Balaban J connectivity index is 3.28. The number of aliphatic carboxylic acids is 1. The number of carboxylic acid groups (broad SMARTS) is 1. The number of nitro benzene ring substituents is 1. The zero-order chi connectivity index (χ0) is 23.8. The van der Waals surface area contributed by atoms with Crippen molar-refractivity contribution in [1.82, 2.24) is 9.62 Å². The van der Waals surface area contributed by atoms with Gasteiger partial charge in [-0.1, -0.05) is 18.2 Å². The summed E-state index contributed by atoms with van der Waals surface area (Å²) in [5.41, 5.74) is -1.53. The van der Waals surface area contributed by atoms with Crippen molar-refractivity contribution in [2.24, 2.45) is 0 Å². The largest absolute Gasteiger partial charge is 0.480 e. The molecule has 0 aromatic heterocycles. The highest BCUT2D eigenvalue weighted by molar-refractivity contribution is 7.89. The van der Waals surface area contributed by atoms with Crippen LogP contribution in [0, 0.1) is 10.1 Å². The Morgan fingerprint density at radius 2 is 1.97 bits per heavy atom. The first-order chi connectivity index (χ1) is 14.3. The number of unbranched alkanes of at least 4 members (excludes halogenated alkanes) is 1. The number of nitro groups is 1. The first kappa shape index (κ1) is 26.0. The van der Waals surface area contributed by atoms with Crippen molar-refractivity contribution in [3.05, 3.63) is 47.0 Å². The van der Waals surface area contributed by atoms with Crippen molar-refractivity contribution in [1.29, 1.82) is 0 Å². The zero-order valence-corrected chi connectivity index (χ0v) is 18.4. The molecule has 12 heteroatoms. The van der Waals surface area contributed by atoms with E-state index in [9.17, 15) is 33.2 Å². The normalized spacial score (nSPS) is 12.8. The van der Waals surface area contributed by atoms with Gasteiger partial charge in [-0.2, -0.15) is 4.31 Å². The van der Waals surface area contributed by atoms with Crippen LogP contribution in [0.25, 0.3) is 0 Å². The van der Waals surface area contributed by atoms with E-state index >= 15 is 0 Å². The maximum atomic E-state index is 13.2. The lowest BCUT2D eigenvalue weighted by atomic mass is 10.2. The van der Waals surface area contributed by atoms with Gasteiger partial charge in [0.1, 0.15) is 11.6 Å². The number of alkyl carbamates (subject to hydrolysis) is 1. The smallest absolute Gasteiger partial charge is 0.408 e. The first-order valence-corrected chi connectivity index (χ1v) is 10.8. The van der Waals surface area contributed by atoms with Crippen LogP contribution in [0.2, 0.25) is 0 Å². The van der Waals surface area contributed by atoms with Crippen LogP contribution in [0.15, 0.2) is 41.8 Å². The third-order valence-electron chi connectivity index (χ3n) is 3.87. The Morgan fingerprint density at radius 1 is 1.35 bits per heavy atom. The molecule has 0 bridgehead atoms. The van der Waals surface area contributed by atoms with Gasteiger partial charge in [-0.05, 0) is 39.7 Å². The van der Waals surface area contributed by atoms with Crippen molar-refractivity contribution < 1.29 is 32.8 Å². The maximum absolute atomic E-state index is 13.2. The average molecular weight is 458 g/mol. The van der Waals surface area contributed by atoms with Crippen molar-refractivity contribution in [2.75, 3.05) is 13.1 Å². The molecule has 31 heavy (non-hydrogen) atoms. The molecular weight excluding hydrogens is 430 g/mol. The van der Waals surface area contributed by atoms with E-state index in [1.807, 2.05) is 0 Å². The summed E-state index contributed by atoms with van der Waals surface area (Å²) in [6.07, 6.45) is 1.25. The molecule has 0 aliphatic rings. The van der Waals surface area contributed by atoms with Gasteiger partial charge < -0.3 is 15.2 Å². The van der Waals surface area contributed by atoms with Crippen LogP contribution in [0.5, 0.6) is 0 Å². The molecule has 0 heterocycles. The minimum atomic E-state index is -4.45. The number of carboxylic acids is 1. The number of ether oxygens (including phenoxy) is 1. The van der Waals surface area contributed by atoms with E-state index in [1.165, 1.54) is 12.1 Å². The Morgan fingerprint density at radius 3 is 2.48 bits per heavy atom. The van der Waals surface area contributed by atoms with Gasteiger partial charge in [-0.15, -0.1) is 6.58 Å². The summed E-state index contributed by atoms with van der Waals surface area (Å²) in [5.74, 6) is -1.49. The number of amides is 1. The number of sulfonamides is 1. The standard InChI is InChI=1S/C19H27N3O8S/c1-5-6-9-12-21(13-14(17(23)24)20-18(25)30-19(2,3)4)31(28,29)16-11-8-7-10-15(16)22(26)27/h5,7-8,10-11,14H,1,6,9,12-13H2,2-4H3,(H,20,25)(H,23,24). The lowest BCUT2D eigenvalue weighted by Gasteiger charge is -2.27. The second-order valence-corrected chi connectivity index (χ2v) is 9.46. The quantitative estimate of drug-likeness (QED) is 0.222. The number of allylic oxidation sites excluding steroid dienone is 1. The molecule has 11 nitrogen and oxygen atoms in total. The molecule has 1 aromatic carbocycles. The highest BCUT2D eigenvalue weighted by Gasteiger charge is 2.35. The predicted octanol–water partition coefficient (Wildman–Crippen LogP) is 2.53. The minimum absolute atomic E-state index is 0.139. The number of carbonyl (C=O) groups is 2. The predicted molar refractivity (Wildman–Crippen MR) is 112 cm³/mol. The Hall–Kier alpha value is -2.99. The van der Waals surface area contributed by atoms with Gasteiger partial charge >= 0.3 is 12.1 Å². The van der Waals surface area contributed by atoms with E-state index in [4.69, 9.17) is 4.74 Å². The highest BCUT2D eigenvalue weighted by Crippen LogP contribution is 2.26. The molecule has 1 aromatic rings. The zero-order valence-electron chi connectivity index (χ0n) is 17.6. The van der Waals surface area contributed by atoms with Gasteiger partial charge in [0.15, 0.2) is 4.90 Å². The number of rotatable bonds is 11. The van der Waals surface area contributed by atoms with Gasteiger partial charge in [0.25, 0.3) is 5.69 Å². The summed E-state index contributed by atoms with van der Waals surface area (Å²) in [5, 5.41) is 22.9. The third-order valence-corrected chi connectivity index (χ3v) is 5.78. The van der Waals surface area contributed by atoms with E-state index in [0.717, 1.165) is 16.4 Å². The minimum Gasteiger partial charge on any atom is -0.480 e. The fourth-order valence-corrected chi connectivity index (χ4v) is 4.18. The fourth-order valence-electron chi connectivity index (χ4n) is 2.53. The number of benzene rings is 1. The summed E-state index contributed by atoms with van der Waals surface area (Å²) >= 11 is 0. The second kappa shape index (κ2) is 10.9. The van der Waals surface area contributed by atoms with Crippen LogP contribution >= 0.6 is 0 Å². The molecule has 2 N–H and O–H groups in total. The van der Waals surface area contributed by atoms with Crippen molar-refractivity contribution in [3.63, 3.8) is 0 Å². The molecular formula is C19H27N3O8S. The van der Waals surface area contributed by atoms with E-state index in [2.05, 4.69) is 11.9 Å². The summed E-state index contributed by atoms with van der Waals surface area (Å²) < 4.78 is 32.2. The van der Waals surface area contributed by atoms with E-state index < -0.39 is 55.8 Å². The van der Waals surface area contributed by atoms with Crippen LogP contribution in [0.3, 0.4) is 0 Å². The van der Waals surface area contributed by atoms with Gasteiger partial charge in [0, 0.05) is 19.2 Å². The van der Waals surface area contributed by atoms with Gasteiger partial charge in [0.05, 0.1) is 4.92 Å². The third kappa shape index (κ3) is 7.98. The monoisotopic (exact) mass is 457 g/mol. The number of hydrogen-bond donors (Lipinski definition) is 2. The number of nitrogens with one attached hydrogen (secondary N) is 1. The number of carbonyl (C=O) groups excluding carboxylic acids is 1. The van der Waals surface area contributed by atoms with Crippen molar-refractivity contribution in [2.45, 2.75) is 50.2 Å². The van der Waals surface area contributed by atoms with Gasteiger partial charge in [-0.3, -0.25) is 10.1 Å². The second-order valence-electron chi connectivity index (χ2n) is 7.56. The van der Waals surface area contributed by atoms with E-state index in [-0.39, 0.29) is 6.54 Å². The van der Waals surface area contributed by atoms with Crippen LogP contribution in [0.1, 0.15) is 33.6 Å². The molecule has 1 amide bonds.